The van der Waals surface area contributed by atoms with Gasteiger partial charge in [0.1, 0.15) is 12.0 Å². The van der Waals surface area contributed by atoms with Gasteiger partial charge in [-0.05, 0) is 63.9 Å². The third-order valence-corrected chi connectivity index (χ3v) is 2.89. The second-order valence-corrected chi connectivity index (χ2v) is 4.21. The van der Waals surface area contributed by atoms with E-state index >= 15 is 0 Å². The molecule has 0 unspecified atom stereocenters. The minimum Gasteiger partial charge on any atom is -0.496 e. The van der Waals surface area contributed by atoms with Crippen LogP contribution < -0.4 is 4.74 Å². The first-order chi connectivity index (χ1) is 9.85. The van der Waals surface area contributed by atoms with Crippen LogP contribution in [0.25, 0.3) is 0 Å². The zero-order chi connectivity index (χ0) is 14.2. The number of methoxy groups -OCH3 is 1. The Labute approximate surface area is 139 Å². The van der Waals surface area contributed by atoms with Crippen LogP contribution in [0.4, 0.5) is 0 Å². The maximum absolute atomic E-state index is 10.6. The van der Waals surface area contributed by atoms with Gasteiger partial charge in [0, 0.05) is 17.0 Å². The summed E-state index contributed by atoms with van der Waals surface area (Å²) in [5.74, 6) is 1.83. The molecular weight excluding hydrogens is 304 g/mol. The zero-order valence-electron chi connectivity index (χ0n) is 11.7. The fourth-order valence-electron chi connectivity index (χ4n) is 1.89. The second kappa shape index (κ2) is 10.0. The van der Waals surface area contributed by atoms with Crippen molar-refractivity contribution in [3.63, 3.8) is 0 Å². The smallest absolute Gasteiger partial charge is 0.496 e. The molecule has 2 aliphatic carbocycles. The Balaban J connectivity index is 0.000000313. The second-order valence-electron chi connectivity index (χ2n) is 4.21. The van der Waals surface area contributed by atoms with Gasteiger partial charge in [-0.15, -0.1) is 0 Å². The Morgan fingerprint density at radius 2 is 1.48 bits per heavy atom. The van der Waals surface area contributed by atoms with Gasteiger partial charge >= 0.3 is 17.1 Å². The summed E-state index contributed by atoms with van der Waals surface area (Å²) in [4.78, 5) is 10.6. The summed E-state index contributed by atoms with van der Waals surface area (Å²) in [7, 11) is 1.61. The molecule has 0 heterocycles. The molecule has 0 N–H and O–H groups in total. The predicted molar refractivity (Wildman–Crippen MR) is 79.4 cm³/mol. The van der Waals surface area contributed by atoms with Gasteiger partial charge in [-0.25, -0.2) is 0 Å². The van der Waals surface area contributed by atoms with Gasteiger partial charge in [-0.1, -0.05) is 12.1 Å². The first-order valence-electron chi connectivity index (χ1n) is 6.37. The van der Waals surface area contributed by atoms with Crippen LogP contribution in [0.5, 0.6) is 5.75 Å². The number of rotatable bonds is 3. The molecule has 2 aliphatic rings. The minimum atomic E-state index is 0. The van der Waals surface area contributed by atoms with E-state index in [0.29, 0.717) is 5.56 Å². The third-order valence-electron chi connectivity index (χ3n) is 2.89. The number of aldehydes is 1. The van der Waals surface area contributed by atoms with Gasteiger partial charge in [0.15, 0.2) is 0 Å². The number of benzene rings is 1. The summed E-state index contributed by atoms with van der Waals surface area (Å²) in [5.41, 5.74) is 1.63. The van der Waals surface area contributed by atoms with Crippen molar-refractivity contribution in [3.05, 3.63) is 93.0 Å². The maximum atomic E-state index is 10.6. The normalized spacial score (nSPS) is 17.6. The molecule has 1 aromatic carbocycles. The Morgan fingerprint density at radius 3 is 1.95 bits per heavy atom. The van der Waals surface area contributed by atoms with Crippen LogP contribution in [0.15, 0.2) is 18.2 Å². The molecule has 0 amide bonds. The van der Waals surface area contributed by atoms with Gasteiger partial charge in [0.05, 0.1) is 7.11 Å². The molecule has 0 aliphatic heterocycles. The van der Waals surface area contributed by atoms with Crippen molar-refractivity contribution in [2.75, 3.05) is 7.11 Å². The van der Waals surface area contributed by atoms with Crippen LogP contribution in [0.3, 0.4) is 0 Å². The molecule has 0 bridgehead atoms. The van der Waals surface area contributed by atoms with E-state index in [-0.39, 0.29) is 17.1 Å². The maximum Gasteiger partial charge on any atom is 2.00 e. The number of carbonyl (C=O) groups excluding carboxylic acids is 1. The third kappa shape index (κ3) is 5.48. The van der Waals surface area contributed by atoms with E-state index in [2.05, 4.69) is 0 Å². The van der Waals surface area contributed by atoms with Crippen LogP contribution in [0.1, 0.15) is 15.9 Å². The summed E-state index contributed by atoms with van der Waals surface area (Å²) < 4.78 is 5.25. The van der Waals surface area contributed by atoms with E-state index in [0.717, 1.165) is 23.5 Å². The summed E-state index contributed by atoms with van der Waals surface area (Å²) >= 11 is 0. The van der Waals surface area contributed by atoms with E-state index in [1.54, 1.807) is 19.2 Å². The van der Waals surface area contributed by atoms with Gasteiger partial charge in [-0.2, -0.15) is 0 Å². The summed E-state index contributed by atoms with van der Waals surface area (Å²) in [6, 6.07) is 5.44. The van der Waals surface area contributed by atoms with Crippen LogP contribution in [-0.4, -0.2) is 13.4 Å². The Hall–Kier alpha value is -0.791. The van der Waals surface area contributed by atoms with E-state index in [1.165, 1.54) is 0 Å². The van der Waals surface area contributed by atoms with Crippen molar-refractivity contribution in [1.82, 2.24) is 0 Å². The summed E-state index contributed by atoms with van der Waals surface area (Å²) in [5, 5.41) is 0. The molecule has 2 nitrogen and oxygen atoms in total. The topological polar surface area (TPSA) is 26.3 Å². The van der Waals surface area contributed by atoms with E-state index in [1.807, 2.05) is 63.9 Å². The van der Waals surface area contributed by atoms with Crippen molar-refractivity contribution in [2.24, 2.45) is 0 Å². The van der Waals surface area contributed by atoms with Gasteiger partial charge in [-0.3, -0.25) is 4.79 Å². The monoisotopic (exact) mass is 320 g/mol. The standard InChI is InChI=1S/C13H11O2.C5H5.Fe/c1-15-13-8-10(9-14)6-7-12(13)11-4-2-3-5-11;1-2-4-5-3-1;/h2-9H,1H3;1-5H;/q;;+2. The number of carbonyl (C=O) groups is 1. The molecule has 2 fully saturated rings. The molecule has 1 aromatic rings. The quantitative estimate of drug-likeness (QED) is 0.631. The Morgan fingerprint density at radius 1 is 0.905 bits per heavy atom. The molecule has 0 aromatic heterocycles. The van der Waals surface area contributed by atoms with E-state index in [9.17, 15) is 4.79 Å². The minimum absolute atomic E-state index is 0. The Kier molecular flexibility index (Phi) is 8.71. The van der Waals surface area contributed by atoms with Crippen LogP contribution in [0.2, 0.25) is 0 Å². The fourth-order valence-corrected chi connectivity index (χ4v) is 1.89. The molecule has 21 heavy (non-hydrogen) atoms. The molecule has 3 heteroatoms. The molecular formula is C18H16FeO2+2. The van der Waals surface area contributed by atoms with Crippen molar-refractivity contribution < 1.29 is 26.6 Å². The first-order valence-corrected chi connectivity index (χ1v) is 6.37. The van der Waals surface area contributed by atoms with E-state index in [4.69, 9.17) is 4.74 Å². The average molecular weight is 320 g/mol. The fraction of sp³-hybridized carbons (Fsp3) is 0.0556. The van der Waals surface area contributed by atoms with Gasteiger partial charge in [0.2, 0.25) is 0 Å². The van der Waals surface area contributed by atoms with Crippen molar-refractivity contribution >= 4 is 6.29 Å². The van der Waals surface area contributed by atoms with Crippen LogP contribution in [-0.2, 0) is 17.1 Å². The SMILES string of the molecule is COc1cc(C=O)ccc1[C]1[CH][CH][CH][CH]1.[CH]1[CH][CH][CH][CH]1.[Fe+2]. The molecule has 0 atom stereocenters. The Bertz CT molecular complexity index is 414. The average Bonchev–Trinajstić information content (AvgIpc) is 3.21. The van der Waals surface area contributed by atoms with Crippen molar-refractivity contribution in [2.45, 2.75) is 0 Å². The van der Waals surface area contributed by atoms with Crippen LogP contribution >= 0.6 is 0 Å². The first kappa shape index (κ1) is 18.3. The van der Waals surface area contributed by atoms with Gasteiger partial charge < -0.3 is 4.74 Å². The van der Waals surface area contributed by atoms with Crippen LogP contribution in [0, 0.1) is 63.7 Å². The number of hydrogen-bond donors (Lipinski definition) is 0. The zero-order valence-corrected chi connectivity index (χ0v) is 12.8. The number of hydrogen-bond acceptors (Lipinski definition) is 2. The largest absolute Gasteiger partial charge is 2.00 e. The molecule has 0 spiro atoms. The van der Waals surface area contributed by atoms with Gasteiger partial charge in [0.25, 0.3) is 0 Å². The summed E-state index contributed by atoms with van der Waals surface area (Å²) in [6.07, 6.45) is 18.8. The molecule has 0 saturated heterocycles. The van der Waals surface area contributed by atoms with Crippen molar-refractivity contribution in [3.8, 4) is 5.75 Å². The molecule has 106 valence electrons. The molecule has 10 radical (unpaired) electrons. The molecule has 2 saturated carbocycles. The summed E-state index contributed by atoms with van der Waals surface area (Å²) in [6.45, 7) is 0. The van der Waals surface area contributed by atoms with E-state index < -0.39 is 0 Å². The van der Waals surface area contributed by atoms with Crippen molar-refractivity contribution in [1.29, 1.82) is 0 Å². The predicted octanol–water partition coefficient (Wildman–Crippen LogP) is 3.28. The number of ether oxygens (including phenoxy) is 1. The molecule has 3 rings (SSSR count).